The second-order valence-electron chi connectivity index (χ2n) is 12.3. The minimum Gasteiger partial charge on any atom is -0.442 e. The van der Waals surface area contributed by atoms with Crippen LogP contribution in [0.5, 0.6) is 0 Å². The number of piperidine rings is 2. The summed E-state index contributed by atoms with van der Waals surface area (Å²) in [4.78, 5) is 33.0. The van der Waals surface area contributed by atoms with Gasteiger partial charge in [-0.25, -0.2) is 4.79 Å². The van der Waals surface area contributed by atoms with Crippen molar-refractivity contribution < 1.29 is 14.3 Å². The topological polar surface area (TPSA) is 53.1 Å². The van der Waals surface area contributed by atoms with E-state index in [1.54, 1.807) is 0 Å². The van der Waals surface area contributed by atoms with E-state index >= 15 is 0 Å². The molecule has 1 spiro atoms. The van der Waals surface area contributed by atoms with Gasteiger partial charge >= 0.3 is 6.09 Å². The first kappa shape index (κ1) is 26.5. The maximum atomic E-state index is 13.3. The van der Waals surface area contributed by atoms with Crippen LogP contribution in [0.25, 0.3) is 0 Å². The molecule has 3 saturated heterocycles. The van der Waals surface area contributed by atoms with Crippen molar-refractivity contribution in [2.24, 2.45) is 11.8 Å². The van der Waals surface area contributed by atoms with Crippen LogP contribution in [-0.4, -0.2) is 77.6 Å². The first-order valence-corrected chi connectivity index (χ1v) is 15.0. The molecule has 0 aromatic heterocycles. The van der Waals surface area contributed by atoms with Gasteiger partial charge in [-0.2, -0.15) is 0 Å². The number of carbonyl (C=O) groups excluding carboxylic acids is 2. The van der Waals surface area contributed by atoms with Gasteiger partial charge in [-0.05, 0) is 63.0 Å². The average molecular weight is 510 g/mol. The molecule has 3 aliphatic heterocycles. The molecular weight excluding hydrogens is 462 g/mol. The summed E-state index contributed by atoms with van der Waals surface area (Å²) in [5, 5.41) is 0. The fraction of sp³-hybridized carbons (Fsp3) is 0.742. The normalized spacial score (nSPS) is 25.3. The highest BCUT2D eigenvalue weighted by atomic mass is 16.6. The van der Waals surface area contributed by atoms with Crippen LogP contribution in [0, 0.1) is 25.7 Å². The molecule has 5 rings (SSSR count). The van der Waals surface area contributed by atoms with Crippen molar-refractivity contribution in [3.63, 3.8) is 0 Å². The number of amides is 2. The lowest BCUT2D eigenvalue weighted by molar-refractivity contribution is -0.128. The standard InChI is InChI=1S/C31H47N3O3/c1-4-5-12-26-22-34(21-25-10-7-11-25)30(36)37-31(26)15-19-32(20-16-31)27-13-17-33(18-14-27)29(35)28-23(2)8-6-9-24(28)3/h6,8-9,25-27H,4-5,7,10-22H2,1-3H3. The molecule has 1 atom stereocenters. The molecule has 0 N–H and O–H groups in total. The number of carbonyl (C=O) groups is 2. The highest BCUT2D eigenvalue weighted by Crippen LogP contribution is 2.42. The second-order valence-corrected chi connectivity index (χ2v) is 12.3. The first-order valence-electron chi connectivity index (χ1n) is 15.0. The SMILES string of the molecule is CCCCC1CN(CC2CCC2)C(=O)OC12CCN(C1CCN(C(=O)c3c(C)cccc3C)CC1)CC2. The van der Waals surface area contributed by atoms with E-state index in [1.165, 1.54) is 32.1 Å². The molecule has 0 bridgehead atoms. The van der Waals surface area contributed by atoms with Crippen LogP contribution >= 0.6 is 0 Å². The van der Waals surface area contributed by atoms with Crippen molar-refractivity contribution >= 4 is 12.0 Å². The van der Waals surface area contributed by atoms with E-state index < -0.39 is 0 Å². The number of ether oxygens (including phenoxy) is 1. The predicted octanol–water partition coefficient (Wildman–Crippen LogP) is 5.80. The Bertz CT molecular complexity index is 938. The van der Waals surface area contributed by atoms with Crippen molar-refractivity contribution in [3.8, 4) is 0 Å². The molecule has 1 aliphatic carbocycles. The summed E-state index contributed by atoms with van der Waals surface area (Å²) >= 11 is 0. The molecule has 4 aliphatic rings. The number of rotatable bonds is 7. The third-order valence-corrected chi connectivity index (χ3v) is 9.95. The van der Waals surface area contributed by atoms with Gasteiger partial charge in [0.05, 0.1) is 0 Å². The van der Waals surface area contributed by atoms with Crippen molar-refractivity contribution in [3.05, 3.63) is 34.9 Å². The van der Waals surface area contributed by atoms with Gasteiger partial charge in [-0.15, -0.1) is 0 Å². The lowest BCUT2D eigenvalue weighted by atomic mass is 9.74. The van der Waals surface area contributed by atoms with Gasteiger partial charge in [0.1, 0.15) is 5.60 Å². The summed E-state index contributed by atoms with van der Waals surface area (Å²) in [7, 11) is 0. The molecule has 1 saturated carbocycles. The van der Waals surface area contributed by atoms with Crippen LogP contribution in [-0.2, 0) is 4.74 Å². The Morgan fingerprint density at radius 3 is 2.30 bits per heavy atom. The summed E-state index contributed by atoms with van der Waals surface area (Å²) in [6.07, 6.45) is 11.3. The van der Waals surface area contributed by atoms with Gasteiger partial charge in [-0.3, -0.25) is 9.69 Å². The molecule has 3 heterocycles. The lowest BCUT2D eigenvalue weighted by Gasteiger charge is -2.52. The monoisotopic (exact) mass is 509 g/mol. The molecule has 1 aromatic rings. The van der Waals surface area contributed by atoms with E-state index in [0.29, 0.717) is 17.9 Å². The van der Waals surface area contributed by atoms with E-state index in [2.05, 4.69) is 16.7 Å². The number of aryl methyl sites for hydroxylation is 2. The molecule has 6 nitrogen and oxygen atoms in total. The third kappa shape index (κ3) is 5.55. The van der Waals surface area contributed by atoms with Crippen LogP contribution in [0.15, 0.2) is 18.2 Å². The number of hydrogen-bond donors (Lipinski definition) is 0. The van der Waals surface area contributed by atoms with E-state index in [4.69, 9.17) is 4.74 Å². The van der Waals surface area contributed by atoms with E-state index in [9.17, 15) is 9.59 Å². The highest BCUT2D eigenvalue weighted by Gasteiger charge is 2.50. The van der Waals surface area contributed by atoms with Gasteiger partial charge in [-0.1, -0.05) is 44.4 Å². The Morgan fingerprint density at radius 2 is 1.70 bits per heavy atom. The van der Waals surface area contributed by atoms with Crippen LogP contribution < -0.4 is 0 Å². The number of benzene rings is 1. The first-order chi connectivity index (χ1) is 17.9. The summed E-state index contributed by atoms with van der Waals surface area (Å²) < 4.78 is 6.37. The minimum atomic E-state index is -0.280. The smallest absolute Gasteiger partial charge is 0.410 e. The number of nitrogens with zero attached hydrogens (tertiary/aromatic N) is 3. The zero-order valence-corrected chi connectivity index (χ0v) is 23.3. The second kappa shape index (κ2) is 11.3. The van der Waals surface area contributed by atoms with Crippen LogP contribution in [0.2, 0.25) is 0 Å². The van der Waals surface area contributed by atoms with Crippen molar-refractivity contribution in [1.82, 2.24) is 14.7 Å². The maximum absolute atomic E-state index is 13.3. The van der Waals surface area contributed by atoms with E-state index in [1.807, 2.05) is 36.9 Å². The van der Waals surface area contributed by atoms with E-state index in [0.717, 1.165) is 88.1 Å². The number of likely N-dealkylation sites (tertiary alicyclic amines) is 2. The van der Waals surface area contributed by atoms with Crippen molar-refractivity contribution in [2.45, 2.75) is 96.6 Å². The van der Waals surface area contributed by atoms with Gasteiger partial charge in [0, 0.05) is 69.6 Å². The summed E-state index contributed by atoms with van der Waals surface area (Å²) in [5.74, 6) is 1.32. The van der Waals surface area contributed by atoms with Gasteiger partial charge in [0.15, 0.2) is 0 Å². The Labute approximate surface area is 223 Å². The van der Waals surface area contributed by atoms with Gasteiger partial charge < -0.3 is 14.5 Å². The Morgan fingerprint density at radius 1 is 1.03 bits per heavy atom. The Kier molecular flexibility index (Phi) is 8.13. The molecule has 2 amide bonds. The van der Waals surface area contributed by atoms with Gasteiger partial charge in [0.2, 0.25) is 0 Å². The van der Waals surface area contributed by atoms with Crippen LogP contribution in [0.4, 0.5) is 4.79 Å². The maximum Gasteiger partial charge on any atom is 0.410 e. The van der Waals surface area contributed by atoms with Crippen molar-refractivity contribution in [2.75, 3.05) is 39.3 Å². The molecule has 1 unspecified atom stereocenters. The number of unbranched alkanes of at least 4 members (excludes halogenated alkanes) is 1. The fourth-order valence-corrected chi connectivity index (χ4v) is 7.29. The lowest BCUT2D eigenvalue weighted by Crippen LogP contribution is -2.61. The zero-order valence-electron chi connectivity index (χ0n) is 23.3. The molecule has 37 heavy (non-hydrogen) atoms. The van der Waals surface area contributed by atoms with Crippen LogP contribution in [0.1, 0.15) is 92.6 Å². The van der Waals surface area contributed by atoms with Crippen molar-refractivity contribution in [1.29, 1.82) is 0 Å². The Hall–Kier alpha value is -2.08. The quantitative estimate of drug-likeness (QED) is 0.466. The number of hydrogen-bond acceptors (Lipinski definition) is 4. The third-order valence-electron chi connectivity index (χ3n) is 9.95. The zero-order chi connectivity index (χ0) is 26.0. The molecule has 4 fully saturated rings. The molecular formula is C31H47N3O3. The summed E-state index contributed by atoms with van der Waals surface area (Å²) in [6.45, 7) is 11.7. The molecule has 6 heteroatoms. The minimum absolute atomic E-state index is 0.0635. The predicted molar refractivity (Wildman–Crippen MR) is 147 cm³/mol. The molecule has 204 valence electrons. The van der Waals surface area contributed by atoms with Crippen LogP contribution in [0.3, 0.4) is 0 Å². The Balaban J connectivity index is 1.16. The fourth-order valence-electron chi connectivity index (χ4n) is 7.29. The molecule has 0 radical (unpaired) electrons. The largest absolute Gasteiger partial charge is 0.442 e. The highest BCUT2D eigenvalue weighted by molar-refractivity contribution is 5.97. The average Bonchev–Trinajstić information content (AvgIpc) is 2.87. The summed E-state index contributed by atoms with van der Waals surface area (Å²) in [6, 6.07) is 6.62. The van der Waals surface area contributed by atoms with Gasteiger partial charge in [0.25, 0.3) is 5.91 Å². The molecule has 1 aromatic carbocycles. The van der Waals surface area contributed by atoms with E-state index in [-0.39, 0.29) is 17.6 Å². The summed E-state index contributed by atoms with van der Waals surface area (Å²) in [5.41, 5.74) is 2.74.